The average molecular weight is 224 g/mol. The van der Waals surface area contributed by atoms with Gasteiger partial charge in [-0.2, -0.15) is 0 Å². The zero-order chi connectivity index (χ0) is 11.3. The van der Waals surface area contributed by atoms with Crippen LogP contribution in [0.1, 0.15) is 5.56 Å². The minimum atomic E-state index is -3.27. The van der Waals surface area contributed by atoms with Crippen LogP contribution in [0.2, 0.25) is 0 Å². The smallest absolute Gasteiger partial charge is 0.308 e. The summed E-state index contributed by atoms with van der Waals surface area (Å²) in [5.74, 6) is 0. The molecule has 0 aromatic heterocycles. The van der Waals surface area contributed by atoms with Crippen molar-refractivity contribution in [3.63, 3.8) is 0 Å². The minimum absolute atomic E-state index is 0.355. The molecule has 0 heterocycles. The largest absolute Gasteiger partial charge is 0.369 e. The summed E-state index contributed by atoms with van der Waals surface area (Å²) in [5, 5.41) is 0.355. The summed E-state index contributed by atoms with van der Waals surface area (Å²) in [6.45, 7) is 3.51. The summed E-state index contributed by atoms with van der Waals surface area (Å²) in [4.78, 5) is 0. The van der Waals surface area contributed by atoms with Crippen molar-refractivity contribution in [1.82, 2.24) is 0 Å². The molecule has 3 nitrogen and oxygen atoms in total. The van der Waals surface area contributed by atoms with E-state index in [0.29, 0.717) is 5.31 Å². The first-order valence-corrected chi connectivity index (χ1v) is 5.89. The van der Waals surface area contributed by atoms with E-state index in [-0.39, 0.29) is 0 Å². The van der Waals surface area contributed by atoms with Crippen LogP contribution in [0.4, 0.5) is 0 Å². The van der Waals surface area contributed by atoms with Gasteiger partial charge in [-0.3, -0.25) is 4.57 Å². The number of rotatable bonds is 4. The first kappa shape index (κ1) is 12.0. The third kappa shape index (κ3) is 2.47. The van der Waals surface area contributed by atoms with E-state index in [2.05, 4.69) is 12.3 Å². The van der Waals surface area contributed by atoms with Gasteiger partial charge in [0.2, 0.25) is 0 Å². The van der Waals surface area contributed by atoms with Crippen LogP contribution in [-0.4, -0.2) is 14.2 Å². The number of hydrogen-bond acceptors (Lipinski definition) is 3. The maximum atomic E-state index is 12.1. The van der Waals surface area contributed by atoms with Gasteiger partial charge in [0.25, 0.3) is 0 Å². The quantitative estimate of drug-likeness (QED) is 0.581. The molecule has 15 heavy (non-hydrogen) atoms. The van der Waals surface area contributed by atoms with Gasteiger partial charge in [0, 0.05) is 14.2 Å². The normalized spacial score (nSPS) is 10.8. The standard InChI is InChI=1S/C11H13O3P/c1-4-11(15(12,13-2)14-3)10-8-6-5-7-9-10/h5-9H,1H2,2-3H3. The summed E-state index contributed by atoms with van der Waals surface area (Å²) in [6.07, 6.45) is 0. The van der Waals surface area contributed by atoms with Crippen LogP contribution >= 0.6 is 7.60 Å². The molecule has 80 valence electrons. The van der Waals surface area contributed by atoms with E-state index in [0.717, 1.165) is 5.56 Å². The molecule has 0 amide bonds. The summed E-state index contributed by atoms with van der Waals surface area (Å²) in [6, 6.07) is 9.15. The van der Waals surface area contributed by atoms with E-state index >= 15 is 0 Å². The van der Waals surface area contributed by atoms with Crippen molar-refractivity contribution < 1.29 is 13.6 Å². The van der Waals surface area contributed by atoms with Gasteiger partial charge in [-0.15, -0.1) is 5.73 Å². The van der Waals surface area contributed by atoms with Crippen LogP contribution in [0.5, 0.6) is 0 Å². The monoisotopic (exact) mass is 224 g/mol. The molecule has 0 aliphatic rings. The Morgan fingerprint density at radius 3 is 2.20 bits per heavy atom. The molecule has 0 radical (unpaired) electrons. The fraction of sp³-hybridized carbons (Fsp3) is 0.182. The lowest BCUT2D eigenvalue weighted by molar-refractivity contribution is 0.288. The van der Waals surface area contributed by atoms with Gasteiger partial charge in [-0.25, -0.2) is 0 Å². The van der Waals surface area contributed by atoms with Crippen LogP contribution in [0.15, 0.2) is 42.6 Å². The highest BCUT2D eigenvalue weighted by atomic mass is 31.2. The molecule has 0 aliphatic heterocycles. The molecule has 0 saturated heterocycles. The van der Waals surface area contributed by atoms with Crippen molar-refractivity contribution in [3.8, 4) is 0 Å². The molecule has 1 aromatic carbocycles. The Bertz CT molecular complexity index is 411. The second-order valence-corrected chi connectivity index (χ2v) is 4.93. The molecule has 0 aliphatic carbocycles. The van der Waals surface area contributed by atoms with Crippen molar-refractivity contribution in [2.75, 3.05) is 14.2 Å². The van der Waals surface area contributed by atoms with Crippen LogP contribution in [0.3, 0.4) is 0 Å². The van der Waals surface area contributed by atoms with Gasteiger partial charge >= 0.3 is 7.60 Å². The molecular weight excluding hydrogens is 211 g/mol. The summed E-state index contributed by atoms with van der Waals surface area (Å²) in [7, 11) is -0.594. The molecule has 0 atom stereocenters. The Kier molecular flexibility index (Phi) is 4.07. The lowest BCUT2D eigenvalue weighted by atomic mass is 10.2. The Balaban J connectivity index is 3.23. The van der Waals surface area contributed by atoms with E-state index in [1.54, 1.807) is 12.1 Å². The lowest BCUT2D eigenvalue weighted by Crippen LogP contribution is -1.92. The van der Waals surface area contributed by atoms with Crippen LogP contribution < -0.4 is 0 Å². The topological polar surface area (TPSA) is 35.5 Å². The van der Waals surface area contributed by atoms with Gasteiger partial charge in [0.15, 0.2) is 0 Å². The van der Waals surface area contributed by atoms with E-state index < -0.39 is 7.60 Å². The van der Waals surface area contributed by atoms with Gasteiger partial charge in [0.05, 0.1) is 0 Å². The highest BCUT2D eigenvalue weighted by Gasteiger charge is 2.28. The molecule has 0 N–H and O–H groups in total. The van der Waals surface area contributed by atoms with Crippen LogP contribution in [0, 0.1) is 0 Å². The van der Waals surface area contributed by atoms with Gasteiger partial charge in [-0.05, 0) is 5.56 Å². The molecule has 1 aromatic rings. The fourth-order valence-electron chi connectivity index (χ4n) is 1.21. The number of hydrogen-bond donors (Lipinski definition) is 0. The second kappa shape index (κ2) is 5.11. The van der Waals surface area contributed by atoms with E-state index in [4.69, 9.17) is 9.05 Å². The summed E-state index contributed by atoms with van der Waals surface area (Å²) < 4.78 is 21.9. The minimum Gasteiger partial charge on any atom is -0.308 e. The molecular formula is C11H13O3P. The van der Waals surface area contributed by atoms with Crippen LogP contribution in [0.25, 0.3) is 5.31 Å². The molecule has 1 rings (SSSR count). The van der Waals surface area contributed by atoms with E-state index in [1.807, 2.05) is 18.2 Å². The third-order valence-corrected chi connectivity index (χ3v) is 3.89. The molecule has 4 heteroatoms. The Hall–Kier alpha value is -1.11. The summed E-state index contributed by atoms with van der Waals surface area (Å²) in [5.41, 5.74) is 3.35. The Labute approximate surface area is 89.6 Å². The van der Waals surface area contributed by atoms with Crippen molar-refractivity contribution in [2.45, 2.75) is 0 Å². The van der Waals surface area contributed by atoms with Gasteiger partial charge in [-0.1, -0.05) is 36.9 Å². The maximum Gasteiger partial charge on any atom is 0.369 e. The van der Waals surface area contributed by atoms with Crippen molar-refractivity contribution in [2.24, 2.45) is 0 Å². The Morgan fingerprint density at radius 1 is 1.27 bits per heavy atom. The SMILES string of the molecule is C=C=C(c1ccccc1)P(=O)(OC)OC. The first-order chi connectivity index (χ1) is 7.18. The molecule has 0 saturated carbocycles. The van der Waals surface area contributed by atoms with Crippen molar-refractivity contribution in [1.29, 1.82) is 0 Å². The molecule has 0 spiro atoms. The molecule has 0 fully saturated rings. The Morgan fingerprint density at radius 2 is 1.80 bits per heavy atom. The highest BCUT2D eigenvalue weighted by Crippen LogP contribution is 2.58. The summed E-state index contributed by atoms with van der Waals surface area (Å²) >= 11 is 0. The van der Waals surface area contributed by atoms with E-state index in [9.17, 15) is 4.57 Å². The van der Waals surface area contributed by atoms with Crippen molar-refractivity contribution >= 4 is 12.9 Å². The predicted octanol–water partition coefficient (Wildman–Crippen LogP) is 3.30. The number of benzene rings is 1. The fourth-order valence-corrected chi connectivity index (χ4v) is 2.38. The van der Waals surface area contributed by atoms with Crippen molar-refractivity contribution in [3.05, 3.63) is 48.2 Å². The third-order valence-electron chi connectivity index (χ3n) is 1.97. The van der Waals surface area contributed by atoms with Gasteiger partial charge < -0.3 is 9.05 Å². The van der Waals surface area contributed by atoms with E-state index in [1.165, 1.54) is 14.2 Å². The van der Waals surface area contributed by atoms with Crippen LogP contribution in [-0.2, 0) is 13.6 Å². The zero-order valence-electron chi connectivity index (χ0n) is 8.77. The first-order valence-electron chi connectivity index (χ1n) is 4.35. The maximum absolute atomic E-state index is 12.1. The zero-order valence-corrected chi connectivity index (χ0v) is 9.66. The average Bonchev–Trinajstić information content (AvgIpc) is 2.31. The molecule has 0 unspecified atom stereocenters. The highest BCUT2D eigenvalue weighted by molar-refractivity contribution is 7.65. The second-order valence-electron chi connectivity index (χ2n) is 2.75. The lowest BCUT2D eigenvalue weighted by Gasteiger charge is -2.15. The molecule has 0 bridgehead atoms. The van der Waals surface area contributed by atoms with Gasteiger partial charge in [0.1, 0.15) is 5.31 Å². The predicted molar refractivity (Wildman–Crippen MR) is 60.6 cm³/mol.